The quantitative estimate of drug-likeness (QED) is 0.801. The molecule has 1 fully saturated rings. The Morgan fingerprint density at radius 2 is 1.76 bits per heavy atom. The average Bonchev–Trinajstić information content (AvgIpc) is 2.33. The number of benzene rings is 1. The number of nitrogens with one attached hydrogen (secondary N) is 1. The summed E-state index contributed by atoms with van der Waals surface area (Å²) >= 11 is 0. The standard InChI is InChI=1S/C12H15NO4/c1-15-9-5-4-7(8-6-10(14)13-8)11(16-2)12(9)17-3/h4-5,8H,6H2,1-3H3,(H,13,14). The zero-order valence-electron chi connectivity index (χ0n) is 10.1. The monoisotopic (exact) mass is 237 g/mol. The van der Waals surface area contributed by atoms with Gasteiger partial charge < -0.3 is 19.5 Å². The highest BCUT2D eigenvalue weighted by Gasteiger charge is 2.31. The van der Waals surface area contributed by atoms with Crippen molar-refractivity contribution in [1.82, 2.24) is 5.32 Å². The van der Waals surface area contributed by atoms with Crippen molar-refractivity contribution in [3.05, 3.63) is 17.7 Å². The van der Waals surface area contributed by atoms with Crippen molar-refractivity contribution in [1.29, 1.82) is 0 Å². The van der Waals surface area contributed by atoms with Crippen molar-refractivity contribution < 1.29 is 19.0 Å². The summed E-state index contributed by atoms with van der Waals surface area (Å²) in [5.41, 5.74) is 0.907. The van der Waals surface area contributed by atoms with E-state index in [0.717, 1.165) is 5.56 Å². The molecule has 1 amide bonds. The van der Waals surface area contributed by atoms with E-state index in [-0.39, 0.29) is 11.9 Å². The summed E-state index contributed by atoms with van der Waals surface area (Å²) in [6, 6.07) is 3.68. The van der Waals surface area contributed by atoms with Crippen LogP contribution < -0.4 is 19.5 Å². The van der Waals surface area contributed by atoms with Gasteiger partial charge in [-0.2, -0.15) is 0 Å². The molecule has 1 saturated heterocycles. The van der Waals surface area contributed by atoms with Crippen LogP contribution in [0.2, 0.25) is 0 Å². The van der Waals surface area contributed by atoms with E-state index in [0.29, 0.717) is 23.7 Å². The Morgan fingerprint density at radius 3 is 2.24 bits per heavy atom. The van der Waals surface area contributed by atoms with Gasteiger partial charge in [-0.1, -0.05) is 0 Å². The number of carbonyl (C=O) groups is 1. The van der Waals surface area contributed by atoms with Gasteiger partial charge >= 0.3 is 0 Å². The first-order chi connectivity index (χ1) is 8.21. The van der Waals surface area contributed by atoms with Gasteiger partial charge in [0, 0.05) is 5.56 Å². The van der Waals surface area contributed by atoms with E-state index in [9.17, 15) is 4.79 Å². The van der Waals surface area contributed by atoms with Crippen LogP contribution >= 0.6 is 0 Å². The second-order valence-electron chi connectivity index (χ2n) is 3.75. The van der Waals surface area contributed by atoms with Gasteiger partial charge in [0.1, 0.15) is 0 Å². The highest BCUT2D eigenvalue weighted by Crippen LogP contribution is 2.43. The van der Waals surface area contributed by atoms with Gasteiger partial charge in [-0.15, -0.1) is 0 Å². The minimum Gasteiger partial charge on any atom is -0.493 e. The minimum atomic E-state index is -0.00254. The molecule has 1 aromatic rings. The molecule has 0 aliphatic carbocycles. The number of carbonyl (C=O) groups excluding carboxylic acids is 1. The molecule has 0 saturated carbocycles. The summed E-state index contributed by atoms with van der Waals surface area (Å²) in [7, 11) is 4.70. The maximum atomic E-state index is 11.0. The van der Waals surface area contributed by atoms with Gasteiger partial charge in [-0.05, 0) is 12.1 Å². The second kappa shape index (κ2) is 4.53. The molecule has 0 aromatic heterocycles. The van der Waals surface area contributed by atoms with Crippen molar-refractivity contribution in [2.45, 2.75) is 12.5 Å². The van der Waals surface area contributed by atoms with E-state index in [2.05, 4.69) is 5.32 Å². The zero-order valence-corrected chi connectivity index (χ0v) is 10.1. The predicted octanol–water partition coefficient (Wildman–Crippen LogP) is 1.27. The number of hydrogen-bond donors (Lipinski definition) is 1. The van der Waals surface area contributed by atoms with Gasteiger partial charge in [0.25, 0.3) is 0 Å². The van der Waals surface area contributed by atoms with Crippen LogP contribution in [0.3, 0.4) is 0 Å². The van der Waals surface area contributed by atoms with Crippen LogP contribution in [-0.4, -0.2) is 27.2 Å². The lowest BCUT2D eigenvalue weighted by Gasteiger charge is -2.29. The molecule has 5 heteroatoms. The lowest BCUT2D eigenvalue weighted by atomic mass is 9.96. The first-order valence-corrected chi connectivity index (χ1v) is 5.29. The summed E-state index contributed by atoms with van der Waals surface area (Å²) in [5, 5.41) is 2.81. The van der Waals surface area contributed by atoms with Crippen molar-refractivity contribution in [2.75, 3.05) is 21.3 Å². The molecule has 0 spiro atoms. The normalized spacial score (nSPS) is 18.1. The summed E-state index contributed by atoms with van der Waals surface area (Å²) in [6.45, 7) is 0. The molecule has 5 nitrogen and oxygen atoms in total. The molecule has 17 heavy (non-hydrogen) atoms. The van der Waals surface area contributed by atoms with Crippen LogP contribution in [0.5, 0.6) is 17.2 Å². The third-order valence-corrected chi connectivity index (χ3v) is 2.83. The maximum absolute atomic E-state index is 11.0. The van der Waals surface area contributed by atoms with Crippen molar-refractivity contribution >= 4 is 5.91 Å². The molecule has 1 unspecified atom stereocenters. The van der Waals surface area contributed by atoms with Gasteiger partial charge in [0.2, 0.25) is 11.7 Å². The molecular formula is C12H15NO4. The lowest BCUT2D eigenvalue weighted by Crippen LogP contribution is -2.41. The first kappa shape index (κ1) is 11.6. The van der Waals surface area contributed by atoms with E-state index >= 15 is 0 Å². The fourth-order valence-electron chi connectivity index (χ4n) is 1.95. The number of methoxy groups -OCH3 is 3. The molecular weight excluding hydrogens is 222 g/mol. The smallest absolute Gasteiger partial charge is 0.222 e. The molecule has 1 aromatic carbocycles. The second-order valence-corrected chi connectivity index (χ2v) is 3.75. The van der Waals surface area contributed by atoms with Crippen LogP contribution in [0, 0.1) is 0 Å². The highest BCUT2D eigenvalue weighted by atomic mass is 16.5. The Hall–Kier alpha value is -1.91. The van der Waals surface area contributed by atoms with Gasteiger partial charge in [-0.3, -0.25) is 4.79 Å². The van der Waals surface area contributed by atoms with Crippen molar-refractivity contribution in [3.8, 4) is 17.2 Å². The number of hydrogen-bond acceptors (Lipinski definition) is 4. The molecule has 0 radical (unpaired) electrons. The molecule has 0 bridgehead atoms. The molecule has 92 valence electrons. The van der Waals surface area contributed by atoms with Crippen LogP contribution in [0.25, 0.3) is 0 Å². The third kappa shape index (κ3) is 1.88. The summed E-state index contributed by atoms with van der Waals surface area (Å²) in [6.07, 6.45) is 0.478. The lowest BCUT2D eigenvalue weighted by molar-refractivity contribution is -0.128. The van der Waals surface area contributed by atoms with Crippen molar-refractivity contribution in [2.24, 2.45) is 0 Å². The maximum Gasteiger partial charge on any atom is 0.222 e. The van der Waals surface area contributed by atoms with Gasteiger partial charge in [0.15, 0.2) is 11.5 Å². The molecule has 2 rings (SSSR count). The van der Waals surface area contributed by atoms with Crippen molar-refractivity contribution in [3.63, 3.8) is 0 Å². The van der Waals surface area contributed by atoms with Crippen LogP contribution in [0.1, 0.15) is 18.0 Å². The predicted molar refractivity (Wildman–Crippen MR) is 61.6 cm³/mol. The molecule has 1 heterocycles. The zero-order chi connectivity index (χ0) is 12.4. The fourth-order valence-corrected chi connectivity index (χ4v) is 1.95. The largest absolute Gasteiger partial charge is 0.493 e. The van der Waals surface area contributed by atoms with E-state index in [1.165, 1.54) is 0 Å². The Balaban J connectivity index is 2.42. The Morgan fingerprint density at radius 1 is 1.12 bits per heavy atom. The van der Waals surface area contributed by atoms with E-state index in [1.807, 2.05) is 6.07 Å². The number of β-lactam (4-membered cyclic amide) rings is 1. The first-order valence-electron chi connectivity index (χ1n) is 5.29. The fraction of sp³-hybridized carbons (Fsp3) is 0.417. The van der Waals surface area contributed by atoms with E-state index < -0.39 is 0 Å². The SMILES string of the molecule is COc1ccc(C2CC(=O)N2)c(OC)c1OC. The third-order valence-electron chi connectivity index (χ3n) is 2.83. The highest BCUT2D eigenvalue weighted by molar-refractivity contribution is 5.84. The summed E-state index contributed by atoms with van der Waals surface area (Å²) < 4.78 is 15.8. The molecule has 1 N–H and O–H groups in total. The molecule has 1 aliphatic rings. The van der Waals surface area contributed by atoms with E-state index in [1.54, 1.807) is 27.4 Å². The van der Waals surface area contributed by atoms with Gasteiger partial charge in [0.05, 0.1) is 33.8 Å². The van der Waals surface area contributed by atoms with Crippen LogP contribution in [-0.2, 0) is 4.79 Å². The Bertz CT molecular complexity index is 436. The Kier molecular flexibility index (Phi) is 3.08. The number of amides is 1. The van der Waals surface area contributed by atoms with Gasteiger partial charge in [-0.25, -0.2) is 0 Å². The topological polar surface area (TPSA) is 56.8 Å². The summed E-state index contributed by atoms with van der Waals surface area (Å²) in [4.78, 5) is 11.0. The van der Waals surface area contributed by atoms with E-state index in [4.69, 9.17) is 14.2 Å². The Labute approximate surface area is 99.7 Å². The molecule has 1 atom stereocenters. The average molecular weight is 237 g/mol. The van der Waals surface area contributed by atoms with Crippen LogP contribution in [0.15, 0.2) is 12.1 Å². The number of ether oxygens (including phenoxy) is 3. The van der Waals surface area contributed by atoms with Crippen LogP contribution in [0.4, 0.5) is 0 Å². The summed E-state index contributed by atoms with van der Waals surface area (Å²) in [5.74, 6) is 1.82. The number of rotatable bonds is 4. The molecule has 1 aliphatic heterocycles. The minimum absolute atomic E-state index is 0.00254.